The Kier molecular flexibility index (Phi) is 4.10. The van der Waals surface area contributed by atoms with Crippen LogP contribution in [0.3, 0.4) is 0 Å². The van der Waals surface area contributed by atoms with Crippen LogP contribution in [-0.4, -0.2) is 44.1 Å². The number of halogens is 1. The molecule has 0 radical (unpaired) electrons. The lowest BCUT2D eigenvalue weighted by molar-refractivity contribution is 0.0697. The zero-order valence-corrected chi connectivity index (χ0v) is 12.2. The van der Waals surface area contributed by atoms with Crippen LogP contribution in [0.4, 0.5) is 11.4 Å². The lowest BCUT2D eigenvalue weighted by Gasteiger charge is -2.25. The first-order chi connectivity index (χ1) is 9.30. The molecular weight excluding hydrogens is 304 g/mol. The molecular formula is C12H15ClN2O4S. The normalized spacial score (nSPS) is 18.6. The summed E-state index contributed by atoms with van der Waals surface area (Å²) in [6, 6.07) is 2.81. The quantitative estimate of drug-likeness (QED) is 0.796. The second-order valence-electron chi connectivity index (χ2n) is 4.70. The molecule has 110 valence electrons. The maximum atomic E-state index is 11.6. The van der Waals surface area contributed by atoms with E-state index in [2.05, 4.69) is 0 Å². The summed E-state index contributed by atoms with van der Waals surface area (Å²) < 4.78 is 23.2. The number of carboxylic acids is 1. The van der Waals surface area contributed by atoms with Gasteiger partial charge in [-0.15, -0.1) is 0 Å². The highest BCUT2D eigenvalue weighted by Crippen LogP contribution is 2.33. The number of sulfone groups is 1. The van der Waals surface area contributed by atoms with Gasteiger partial charge in [0.05, 0.1) is 27.8 Å². The van der Waals surface area contributed by atoms with Gasteiger partial charge in [0.15, 0.2) is 9.84 Å². The molecule has 0 saturated carbocycles. The number of carboxylic acid groups (broad SMARTS) is 1. The molecule has 0 atom stereocenters. The van der Waals surface area contributed by atoms with E-state index < -0.39 is 15.8 Å². The lowest BCUT2D eigenvalue weighted by Crippen LogP contribution is -2.28. The second kappa shape index (κ2) is 5.49. The number of benzene rings is 1. The van der Waals surface area contributed by atoms with Gasteiger partial charge in [-0.1, -0.05) is 11.6 Å². The van der Waals surface area contributed by atoms with E-state index >= 15 is 0 Å². The van der Waals surface area contributed by atoms with Crippen molar-refractivity contribution >= 4 is 38.8 Å². The molecule has 0 aliphatic carbocycles. The molecule has 0 unspecified atom stereocenters. The Morgan fingerprint density at radius 2 is 2.00 bits per heavy atom. The Labute approximate surface area is 122 Å². The van der Waals surface area contributed by atoms with Crippen LogP contribution < -0.4 is 10.6 Å². The fraction of sp³-hybridized carbons (Fsp3) is 0.417. The summed E-state index contributed by atoms with van der Waals surface area (Å²) in [5.41, 5.74) is 6.20. The van der Waals surface area contributed by atoms with Crippen LogP contribution >= 0.6 is 11.6 Å². The van der Waals surface area contributed by atoms with E-state index in [0.717, 1.165) is 0 Å². The van der Waals surface area contributed by atoms with Crippen molar-refractivity contribution in [3.63, 3.8) is 0 Å². The van der Waals surface area contributed by atoms with Gasteiger partial charge in [0, 0.05) is 18.8 Å². The predicted molar refractivity (Wildman–Crippen MR) is 78.3 cm³/mol. The second-order valence-corrected chi connectivity index (χ2v) is 7.41. The molecule has 1 aromatic carbocycles. The number of rotatable bonds is 2. The van der Waals surface area contributed by atoms with Gasteiger partial charge < -0.3 is 15.7 Å². The highest BCUT2D eigenvalue weighted by atomic mass is 35.5. The number of nitrogen functional groups attached to an aromatic ring is 1. The summed E-state index contributed by atoms with van der Waals surface area (Å²) in [5.74, 6) is -1.04. The number of anilines is 2. The number of nitrogens with two attached hydrogens (primary N) is 1. The third-order valence-corrected chi connectivity index (χ3v) is 5.19. The molecule has 1 saturated heterocycles. The molecule has 3 N–H and O–H groups in total. The smallest absolute Gasteiger partial charge is 0.337 e. The summed E-state index contributed by atoms with van der Waals surface area (Å²) in [6.45, 7) is 0.676. The Morgan fingerprint density at radius 1 is 1.30 bits per heavy atom. The van der Waals surface area contributed by atoms with Gasteiger partial charge >= 0.3 is 5.97 Å². The van der Waals surface area contributed by atoms with Crippen LogP contribution in [0.2, 0.25) is 5.02 Å². The zero-order chi connectivity index (χ0) is 14.9. The number of hydrogen-bond acceptors (Lipinski definition) is 5. The van der Waals surface area contributed by atoms with E-state index in [1.165, 1.54) is 12.1 Å². The van der Waals surface area contributed by atoms with Crippen molar-refractivity contribution in [3.8, 4) is 0 Å². The van der Waals surface area contributed by atoms with Gasteiger partial charge in [0.1, 0.15) is 0 Å². The maximum absolute atomic E-state index is 11.6. The van der Waals surface area contributed by atoms with Crippen molar-refractivity contribution in [3.05, 3.63) is 22.7 Å². The Morgan fingerprint density at radius 3 is 2.65 bits per heavy atom. The van der Waals surface area contributed by atoms with Crippen molar-refractivity contribution in [2.45, 2.75) is 6.42 Å². The minimum absolute atomic E-state index is 0.00528. The standard InChI is InChI=1S/C12H15ClN2O4S/c13-10-7-8(14)6-9(12(16)17)11(10)15-2-1-4-20(18,19)5-3-15/h6-7H,1-5,14H2,(H,16,17). The summed E-state index contributed by atoms with van der Waals surface area (Å²) in [4.78, 5) is 13.0. The van der Waals surface area contributed by atoms with Crippen molar-refractivity contribution < 1.29 is 18.3 Å². The number of carbonyl (C=O) groups is 1. The van der Waals surface area contributed by atoms with E-state index in [4.69, 9.17) is 17.3 Å². The molecule has 2 rings (SSSR count). The van der Waals surface area contributed by atoms with Gasteiger partial charge in [0.25, 0.3) is 0 Å². The number of aromatic carboxylic acids is 1. The minimum atomic E-state index is -3.07. The average Bonchev–Trinajstić information content (AvgIpc) is 2.49. The van der Waals surface area contributed by atoms with Crippen molar-refractivity contribution in [1.29, 1.82) is 0 Å². The fourth-order valence-corrected chi connectivity index (χ4v) is 3.89. The predicted octanol–water partition coefficient (Wildman–Crippen LogP) is 1.25. The molecule has 0 aromatic heterocycles. The molecule has 1 aromatic rings. The van der Waals surface area contributed by atoms with Crippen LogP contribution in [0.25, 0.3) is 0 Å². The molecule has 20 heavy (non-hydrogen) atoms. The zero-order valence-electron chi connectivity index (χ0n) is 10.7. The molecule has 1 fully saturated rings. The van der Waals surface area contributed by atoms with Gasteiger partial charge in [-0.25, -0.2) is 13.2 Å². The minimum Gasteiger partial charge on any atom is -0.478 e. The SMILES string of the molecule is Nc1cc(Cl)c(N2CCCS(=O)(=O)CC2)c(C(=O)O)c1. The monoisotopic (exact) mass is 318 g/mol. The highest BCUT2D eigenvalue weighted by Gasteiger charge is 2.25. The summed E-state index contributed by atoms with van der Waals surface area (Å²) in [7, 11) is -3.07. The van der Waals surface area contributed by atoms with E-state index in [9.17, 15) is 18.3 Å². The maximum Gasteiger partial charge on any atom is 0.337 e. The van der Waals surface area contributed by atoms with E-state index in [-0.39, 0.29) is 34.3 Å². The van der Waals surface area contributed by atoms with Gasteiger partial charge in [-0.3, -0.25) is 0 Å². The first kappa shape index (κ1) is 14.9. The third-order valence-electron chi connectivity index (χ3n) is 3.19. The summed E-state index contributed by atoms with van der Waals surface area (Å²) in [6.07, 6.45) is 0.447. The van der Waals surface area contributed by atoms with E-state index in [0.29, 0.717) is 18.7 Å². The first-order valence-electron chi connectivity index (χ1n) is 6.08. The number of nitrogens with zero attached hydrogens (tertiary/aromatic N) is 1. The van der Waals surface area contributed by atoms with Crippen molar-refractivity contribution in [1.82, 2.24) is 0 Å². The van der Waals surface area contributed by atoms with Gasteiger partial charge in [-0.05, 0) is 18.6 Å². The molecule has 1 aliphatic rings. The third kappa shape index (κ3) is 3.16. The molecule has 0 amide bonds. The fourth-order valence-electron chi connectivity index (χ4n) is 2.27. The molecule has 1 heterocycles. The largest absolute Gasteiger partial charge is 0.478 e. The molecule has 8 heteroatoms. The Hall–Kier alpha value is -1.47. The van der Waals surface area contributed by atoms with Crippen LogP contribution in [0.15, 0.2) is 12.1 Å². The highest BCUT2D eigenvalue weighted by molar-refractivity contribution is 7.91. The van der Waals surface area contributed by atoms with Crippen molar-refractivity contribution in [2.75, 3.05) is 35.2 Å². The number of hydrogen-bond donors (Lipinski definition) is 2. The van der Waals surface area contributed by atoms with Crippen LogP contribution in [0.5, 0.6) is 0 Å². The topological polar surface area (TPSA) is 101 Å². The van der Waals surface area contributed by atoms with Gasteiger partial charge in [0.2, 0.25) is 0 Å². The molecule has 1 aliphatic heterocycles. The van der Waals surface area contributed by atoms with E-state index in [1.54, 1.807) is 4.90 Å². The molecule has 0 bridgehead atoms. The van der Waals surface area contributed by atoms with Crippen LogP contribution in [0.1, 0.15) is 16.8 Å². The summed E-state index contributed by atoms with van der Waals surface area (Å²) in [5, 5.41) is 9.48. The van der Waals surface area contributed by atoms with E-state index in [1.807, 2.05) is 0 Å². The average molecular weight is 319 g/mol. The summed E-state index contributed by atoms with van der Waals surface area (Å²) >= 11 is 6.10. The Bertz CT molecular complexity index is 645. The Balaban J connectivity index is 2.44. The first-order valence-corrected chi connectivity index (χ1v) is 8.28. The lowest BCUT2D eigenvalue weighted by atomic mass is 10.1. The molecule has 0 spiro atoms. The van der Waals surface area contributed by atoms with Gasteiger partial charge in [-0.2, -0.15) is 0 Å². The van der Waals surface area contributed by atoms with Crippen molar-refractivity contribution in [2.24, 2.45) is 0 Å². The molecule has 6 nitrogen and oxygen atoms in total. The van der Waals surface area contributed by atoms with Crippen LogP contribution in [-0.2, 0) is 9.84 Å². The van der Waals surface area contributed by atoms with Crippen LogP contribution in [0, 0.1) is 0 Å².